The molecule has 0 radical (unpaired) electrons. The number of hydrogen-bond acceptors (Lipinski definition) is 8. The van der Waals surface area contributed by atoms with Crippen molar-refractivity contribution in [1.29, 1.82) is 0 Å². The second-order valence-electron chi connectivity index (χ2n) is 7.82. The lowest BCUT2D eigenvalue weighted by Gasteiger charge is -2.29. The van der Waals surface area contributed by atoms with Crippen molar-refractivity contribution in [2.75, 3.05) is 31.2 Å². The molecule has 3 aromatic rings. The van der Waals surface area contributed by atoms with Crippen LogP contribution in [0, 0.1) is 20.8 Å². The molecule has 0 bridgehead atoms. The molecular formula is C22H28F3N7O. The van der Waals surface area contributed by atoms with Gasteiger partial charge in [0.15, 0.2) is 5.65 Å². The van der Waals surface area contributed by atoms with E-state index in [9.17, 15) is 13.2 Å². The van der Waals surface area contributed by atoms with Gasteiger partial charge in [0.05, 0.1) is 36.0 Å². The van der Waals surface area contributed by atoms with Crippen LogP contribution in [-0.2, 0) is 4.74 Å². The molecule has 8 nitrogen and oxygen atoms in total. The number of rotatable bonds is 2. The SMILES string of the molecule is Cc1cccnn1.Cc1nc2nc(N3CCOCC3)nc(C3CCC3)c2nc1C.FC(F)F. The van der Waals surface area contributed by atoms with Crippen molar-refractivity contribution < 1.29 is 17.9 Å². The summed E-state index contributed by atoms with van der Waals surface area (Å²) in [6.45, 7) is 5.38. The predicted octanol–water partition coefficient (Wildman–Crippen LogP) is 4.10. The summed E-state index contributed by atoms with van der Waals surface area (Å²) in [7, 11) is 0. The zero-order valence-electron chi connectivity index (χ0n) is 19.0. The summed E-state index contributed by atoms with van der Waals surface area (Å²) in [5, 5.41) is 7.36. The maximum absolute atomic E-state index is 9.67. The van der Waals surface area contributed by atoms with E-state index in [1.165, 1.54) is 19.3 Å². The van der Waals surface area contributed by atoms with E-state index in [-0.39, 0.29) is 0 Å². The van der Waals surface area contributed by atoms with Crippen molar-refractivity contribution in [2.45, 2.75) is 52.6 Å². The summed E-state index contributed by atoms with van der Waals surface area (Å²) in [4.78, 5) is 21.2. The number of nitrogens with zero attached hydrogens (tertiary/aromatic N) is 7. The van der Waals surface area contributed by atoms with E-state index >= 15 is 0 Å². The molecule has 0 spiro atoms. The van der Waals surface area contributed by atoms with Crippen LogP contribution in [0.3, 0.4) is 0 Å². The third-order valence-corrected chi connectivity index (χ3v) is 5.45. The molecule has 3 aromatic heterocycles. The Bertz CT molecular complexity index is 1030. The number of aryl methyl sites for hydroxylation is 3. The quantitative estimate of drug-likeness (QED) is 0.561. The van der Waals surface area contributed by atoms with Gasteiger partial charge in [-0.2, -0.15) is 28.4 Å². The number of halogens is 3. The lowest BCUT2D eigenvalue weighted by molar-refractivity contribution is 0.00819. The normalized spacial score (nSPS) is 15.9. The maximum atomic E-state index is 9.67. The van der Waals surface area contributed by atoms with E-state index in [0.29, 0.717) is 5.92 Å². The predicted molar refractivity (Wildman–Crippen MR) is 118 cm³/mol. The Kier molecular flexibility index (Phi) is 8.81. The number of anilines is 1. The summed E-state index contributed by atoms with van der Waals surface area (Å²) in [5.41, 5.74) is 5.59. The summed E-state index contributed by atoms with van der Waals surface area (Å²) in [6.07, 6.45) is 5.33. The molecule has 1 aliphatic heterocycles. The van der Waals surface area contributed by atoms with Crippen molar-refractivity contribution >= 4 is 17.1 Å². The molecule has 33 heavy (non-hydrogen) atoms. The summed E-state index contributed by atoms with van der Waals surface area (Å²) in [6, 6.07) is 3.77. The highest BCUT2D eigenvalue weighted by Crippen LogP contribution is 2.38. The molecule has 5 rings (SSSR count). The molecule has 1 saturated heterocycles. The van der Waals surface area contributed by atoms with Crippen LogP contribution in [0.5, 0.6) is 0 Å². The largest absolute Gasteiger partial charge is 0.379 e. The maximum Gasteiger partial charge on any atom is 0.379 e. The average molecular weight is 464 g/mol. The van der Waals surface area contributed by atoms with Crippen molar-refractivity contribution in [2.24, 2.45) is 0 Å². The Morgan fingerprint density at radius 3 is 2.15 bits per heavy atom. The van der Waals surface area contributed by atoms with Crippen molar-refractivity contribution in [3.63, 3.8) is 0 Å². The highest BCUT2D eigenvalue weighted by Gasteiger charge is 2.27. The van der Waals surface area contributed by atoms with Crippen LogP contribution in [0.25, 0.3) is 11.2 Å². The van der Waals surface area contributed by atoms with Crippen LogP contribution in [0.4, 0.5) is 19.1 Å². The van der Waals surface area contributed by atoms with Gasteiger partial charge >= 0.3 is 6.68 Å². The Hall–Kier alpha value is -2.95. The van der Waals surface area contributed by atoms with Crippen LogP contribution in [0.15, 0.2) is 18.3 Å². The first kappa shape index (κ1) is 24.7. The summed E-state index contributed by atoms with van der Waals surface area (Å²) >= 11 is 0. The van der Waals surface area contributed by atoms with E-state index in [2.05, 4.69) is 25.1 Å². The van der Waals surface area contributed by atoms with Gasteiger partial charge in [-0.3, -0.25) is 0 Å². The monoisotopic (exact) mass is 463 g/mol. The van der Waals surface area contributed by atoms with Gasteiger partial charge in [-0.25, -0.2) is 15.0 Å². The lowest BCUT2D eigenvalue weighted by atomic mass is 9.82. The van der Waals surface area contributed by atoms with Gasteiger partial charge in [0.1, 0.15) is 5.52 Å². The number of hydrogen-bond donors (Lipinski definition) is 0. The number of alkyl halides is 3. The fraction of sp³-hybridized carbons (Fsp3) is 0.545. The second kappa shape index (κ2) is 11.8. The molecule has 1 aliphatic carbocycles. The van der Waals surface area contributed by atoms with E-state index in [1.54, 1.807) is 6.20 Å². The molecule has 2 aliphatic rings. The van der Waals surface area contributed by atoms with E-state index in [0.717, 1.165) is 66.2 Å². The number of ether oxygens (including phenoxy) is 1. The molecule has 0 unspecified atom stereocenters. The van der Waals surface area contributed by atoms with Crippen LogP contribution >= 0.6 is 0 Å². The number of fused-ring (bicyclic) bond motifs is 1. The average Bonchev–Trinajstić information content (AvgIpc) is 2.75. The summed E-state index contributed by atoms with van der Waals surface area (Å²) < 4.78 is 34.4. The van der Waals surface area contributed by atoms with Crippen LogP contribution < -0.4 is 4.90 Å². The number of morpholine rings is 1. The topological polar surface area (TPSA) is 89.8 Å². The third kappa shape index (κ3) is 7.01. The highest BCUT2D eigenvalue weighted by atomic mass is 19.4. The molecular weight excluding hydrogens is 435 g/mol. The molecule has 11 heteroatoms. The molecule has 0 aromatic carbocycles. The minimum Gasteiger partial charge on any atom is -0.378 e. The summed E-state index contributed by atoms with van der Waals surface area (Å²) in [5.74, 6) is 1.30. The van der Waals surface area contributed by atoms with Gasteiger partial charge in [-0.05, 0) is 45.7 Å². The first-order chi connectivity index (χ1) is 15.8. The molecule has 178 valence electrons. The molecule has 2 fully saturated rings. The van der Waals surface area contributed by atoms with Crippen LogP contribution in [-0.4, -0.2) is 63.1 Å². The minimum absolute atomic E-state index is 0.515. The molecule has 0 atom stereocenters. The van der Waals surface area contributed by atoms with Gasteiger partial charge in [0.2, 0.25) is 5.95 Å². The van der Waals surface area contributed by atoms with Gasteiger partial charge < -0.3 is 9.64 Å². The van der Waals surface area contributed by atoms with E-state index < -0.39 is 6.68 Å². The molecule has 0 amide bonds. The van der Waals surface area contributed by atoms with Crippen molar-refractivity contribution in [3.05, 3.63) is 41.1 Å². The Morgan fingerprint density at radius 2 is 1.64 bits per heavy atom. The van der Waals surface area contributed by atoms with E-state index in [1.807, 2.05) is 32.9 Å². The highest BCUT2D eigenvalue weighted by molar-refractivity contribution is 5.75. The molecule has 1 saturated carbocycles. The Labute approximate surface area is 190 Å². The molecule has 4 heterocycles. The Balaban J connectivity index is 0.000000231. The standard InChI is InChI=1S/C16H21N5O.C5H6N2.CHF3/c1-10-11(2)18-15-14(17-10)13(12-4-3-5-12)19-16(20-15)21-6-8-22-9-7-21;1-5-3-2-4-6-7-5;2-1(3)4/h12H,3-9H2,1-2H3;2-4H,1H3;1H. The molecule has 0 N–H and O–H groups in total. The first-order valence-electron chi connectivity index (χ1n) is 10.9. The van der Waals surface area contributed by atoms with Gasteiger partial charge in [-0.15, -0.1) is 0 Å². The minimum atomic E-state index is -3.67. The van der Waals surface area contributed by atoms with Gasteiger partial charge in [-0.1, -0.05) is 6.42 Å². The van der Waals surface area contributed by atoms with E-state index in [4.69, 9.17) is 14.7 Å². The lowest BCUT2D eigenvalue weighted by Crippen LogP contribution is -2.37. The van der Waals surface area contributed by atoms with Crippen molar-refractivity contribution in [3.8, 4) is 0 Å². The number of aromatic nitrogens is 6. The fourth-order valence-corrected chi connectivity index (χ4v) is 3.37. The third-order valence-electron chi connectivity index (χ3n) is 5.45. The first-order valence-corrected chi connectivity index (χ1v) is 10.9. The van der Waals surface area contributed by atoms with Gasteiger partial charge in [0.25, 0.3) is 0 Å². The zero-order chi connectivity index (χ0) is 23.8. The van der Waals surface area contributed by atoms with Crippen molar-refractivity contribution in [1.82, 2.24) is 30.1 Å². The Morgan fingerprint density at radius 1 is 0.970 bits per heavy atom. The van der Waals surface area contributed by atoms with Gasteiger partial charge in [0, 0.05) is 25.2 Å². The smallest absolute Gasteiger partial charge is 0.378 e. The fourth-order valence-electron chi connectivity index (χ4n) is 3.37. The van der Waals surface area contributed by atoms with Crippen LogP contribution in [0.1, 0.15) is 48.0 Å². The zero-order valence-corrected chi connectivity index (χ0v) is 19.0. The second-order valence-corrected chi connectivity index (χ2v) is 7.82. The van der Waals surface area contributed by atoms with Crippen LogP contribution in [0.2, 0.25) is 0 Å².